The molecule has 0 N–H and O–H groups in total. The first-order valence-electron chi connectivity index (χ1n) is 6.91. The van der Waals surface area contributed by atoms with Crippen LogP contribution in [0.1, 0.15) is 0 Å². The number of rotatable bonds is 3. The predicted octanol–water partition coefficient (Wildman–Crippen LogP) is 5.09. The largest absolute Gasteiger partial charge is 0.411 e. The van der Waals surface area contributed by atoms with E-state index in [2.05, 4.69) is 15.2 Å². The predicted molar refractivity (Wildman–Crippen MR) is 90.6 cm³/mol. The molecule has 6 heteroatoms. The first-order valence-corrected chi connectivity index (χ1v) is 8.10. The van der Waals surface area contributed by atoms with E-state index in [9.17, 15) is 0 Å². The Morgan fingerprint density at radius 3 is 2.70 bits per heavy atom. The Hall–Kier alpha value is -2.37. The number of pyridine rings is 1. The zero-order chi connectivity index (χ0) is 15.6. The molecular weight excluding hydrogens is 330 g/mol. The van der Waals surface area contributed by atoms with Crippen LogP contribution in [0.5, 0.6) is 0 Å². The molecule has 4 nitrogen and oxygen atoms in total. The molecule has 0 saturated carbocycles. The van der Waals surface area contributed by atoms with Gasteiger partial charge in [-0.25, -0.2) is 0 Å². The van der Waals surface area contributed by atoms with Crippen molar-refractivity contribution in [3.63, 3.8) is 0 Å². The maximum absolute atomic E-state index is 6.01. The number of hydrogen-bond acceptors (Lipinski definition) is 5. The summed E-state index contributed by atoms with van der Waals surface area (Å²) >= 11 is 7.43. The lowest BCUT2D eigenvalue weighted by molar-refractivity contribution is 0.466. The summed E-state index contributed by atoms with van der Waals surface area (Å²) < 4.78 is 5.74. The zero-order valence-corrected chi connectivity index (χ0v) is 13.4. The summed E-state index contributed by atoms with van der Waals surface area (Å²) in [5.41, 5.74) is 1.74. The van der Waals surface area contributed by atoms with Gasteiger partial charge in [0.25, 0.3) is 5.22 Å². The number of hydrogen-bond donors (Lipinski definition) is 0. The number of aromatic nitrogens is 3. The number of benzene rings is 2. The monoisotopic (exact) mass is 339 g/mol. The van der Waals surface area contributed by atoms with Crippen molar-refractivity contribution in [1.29, 1.82) is 0 Å². The highest BCUT2D eigenvalue weighted by atomic mass is 35.5. The van der Waals surface area contributed by atoms with Crippen LogP contribution in [0.2, 0.25) is 5.02 Å². The Labute approximate surface area is 141 Å². The molecule has 0 radical (unpaired) electrons. The van der Waals surface area contributed by atoms with Crippen LogP contribution in [0.4, 0.5) is 0 Å². The first kappa shape index (κ1) is 14.2. The Morgan fingerprint density at radius 1 is 0.957 bits per heavy atom. The second-order valence-electron chi connectivity index (χ2n) is 4.81. The Morgan fingerprint density at radius 2 is 1.83 bits per heavy atom. The van der Waals surface area contributed by atoms with Crippen molar-refractivity contribution in [2.24, 2.45) is 0 Å². The molecule has 0 bridgehead atoms. The molecule has 0 spiro atoms. The van der Waals surface area contributed by atoms with Crippen molar-refractivity contribution in [3.8, 4) is 11.5 Å². The average molecular weight is 340 g/mol. The summed E-state index contributed by atoms with van der Waals surface area (Å²) in [6.45, 7) is 0. The van der Waals surface area contributed by atoms with Gasteiger partial charge in [0.2, 0.25) is 5.89 Å². The molecule has 0 aliphatic heterocycles. The third kappa shape index (κ3) is 2.93. The fraction of sp³-hybridized carbons (Fsp3) is 0. The molecule has 2 aromatic carbocycles. The van der Waals surface area contributed by atoms with Crippen LogP contribution >= 0.6 is 23.4 Å². The van der Waals surface area contributed by atoms with Gasteiger partial charge in [0.05, 0.1) is 5.52 Å². The molecule has 0 aliphatic carbocycles. The van der Waals surface area contributed by atoms with Crippen LogP contribution < -0.4 is 0 Å². The van der Waals surface area contributed by atoms with Gasteiger partial charge in [0, 0.05) is 27.1 Å². The third-order valence-corrected chi connectivity index (χ3v) is 4.44. The van der Waals surface area contributed by atoms with Crippen molar-refractivity contribution in [1.82, 2.24) is 15.2 Å². The summed E-state index contributed by atoms with van der Waals surface area (Å²) in [5, 5.41) is 10.4. The smallest absolute Gasteiger partial charge is 0.281 e. The minimum atomic E-state index is 0.492. The summed E-state index contributed by atoms with van der Waals surface area (Å²) in [5.74, 6) is 0.509. The van der Waals surface area contributed by atoms with Crippen molar-refractivity contribution in [2.45, 2.75) is 10.1 Å². The van der Waals surface area contributed by atoms with Crippen molar-refractivity contribution < 1.29 is 4.42 Å². The molecule has 4 rings (SSSR count). The molecular formula is C17H10ClN3OS. The summed E-state index contributed by atoms with van der Waals surface area (Å²) in [6.07, 6.45) is 1.75. The molecule has 0 atom stereocenters. The van der Waals surface area contributed by atoms with E-state index < -0.39 is 0 Å². The number of halogens is 1. The second kappa shape index (κ2) is 6.02. The van der Waals surface area contributed by atoms with E-state index in [0.717, 1.165) is 21.4 Å². The van der Waals surface area contributed by atoms with E-state index in [1.54, 1.807) is 6.20 Å². The molecule has 23 heavy (non-hydrogen) atoms. The topological polar surface area (TPSA) is 51.8 Å². The maximum Gasteiger partial charge on any atom is 0.281 e. The van der Waals surface area contributed by atoms with E-state index in [-0.39, 0.29) is 0 Å². The van der Waals surface area contributed by atoms with E-state index in [4.69, 9.17) is 16.0 Å². The van der Waals surface area contributed by atoms with Gasteiger partial charge >= 0.3 is 0 Å². The fourth-order valence-corrected chi connectivity index (χ4v) is 3.19. The lowest BCUT2D eigenvalue weighted by atomic mass is 10.2. The number of fused-ring (bicyclic) bond motifs is 1. The van der Waals surface area contributed by atoms with Crippen LogP contribution in [-0.4, -0.2) is 15.2 Å². The first-order chi connectivity index (χ1) is 11.3. The van der Waals surface area contributed by atoms with Crippen LogP contribution in [0.25, 0.3) is 22.4 Å². The van der Waals surface area contributed by atoms with E-state index in [1.807, 2.05) is 54.6 Å². The Kier molecular flexibility index (Phi) is 3.73. The van der Waals surface area contributed by atoms with Gasteiger partial charge in [-0.05, 0) is 42.1 Å². The molecule has 0 fully saturated rings. The van der Waals surface area contributed by atoms with Gasteiger partial charge in [0.15, 0.2) is 0 Å². The summed E-state index contributed by atoms with van der Waals surface area (Å²) in [4.78, 5) is 5.33. The van der Waals surface area contributed by atoms with Gasteiger partial charge in [-0.1, -0.05) is 35.9 Å². The lowest BCUT2D eigenvalue weighted by Crippen LogP contribution is -1.82. The normalized spacial score (nSPS) is 11.0. The fourth-order valence-electron chi connectivity index (χ4n) is 2.23. The van der Waals surface area contributed by atoms with Gasteiger partial charge in [-0.3, -0.25) is 4.98 Å². The molecule has 2 aromatic heterocycles. The average Bonchev–Trinajstić information content (AvgIpc) is 3.04. The van der Waals surface area contributed by atoms with Crippen LogP contribution in [0.3, 0.4) is 0 Å². The molecule has 0 saturated heterocycles. The van der Waals surface area contributed by atoms with Crippen molar-refractivity contribution in [3.05, 3.63) is 65.8 Å². The van der Waals surface area contributed by atoms with E-state index in [0.29, 0.717) is 16.1 Å². The minimum Gasteiger partial charge on any atom is -0.411 e. The van der Waals surface area contributed by atoms with E-state index >= 15 is 0 Å². The second-order valence-corrected chi connectivity index (χ2v) is 6.24. The molecule has 0 amide bonds. The zero-order valence-electron chi connectivity index (χ0n) is 11.8. The van der Waals surface area contributed by atoms with Gasteiger partial charge in [-0.15, -0.1) is 10.2 Å². The maximum atomic E-state index is 6.01. The number of nitrogens with zero attached hydrogens (tertiary/aromatic N) is 3. The molecule has 0 unspecified atom stereocenters. The Bertz CT molecular complexity index is 972. The van der Waals surface area contributed by atoms with E-state index in [1.165, 1.54) is 11.8 Å². The molecule has 4 aromatic rings. The third-order valence-electron chi connectivity index (χ3n) is 3.29. The molecule has 2 heterocycles. The summed E-state index contributed by atoms with van der Waals surface area (Å²) in [6, 6.07) is 17.2. The molecule has 0 aliphatic rings. The minimum absolute atomic E-state index is 0.492. The summed E-state index contributed by atoms with van der Waals surface area (Å²) in [7, 11) is 0. The van der Waals surface area contributed by atoms with Gasteiger partial charge in [0.1, 0.15) is 0 Å². The highest BCUT2D eigenvalue weighted by Crippen LogP contribution is 2.34. The van der Waals surface area contributed by atoms with Gasteiger partial charge < -0.3 is 4.42 Å². The van der Waals surface area contributed by atoms with Crippen LogP contribution in [0, 0.1) is 0 Å². The SMILES string of the molecule is Clc1ccc2c(Sc3nnc(-c4ccccc4)o3)ccnc2c1. The standard InChI is InChI=1S/C17H10ClN3OS/c18-12-6-7-13-14(10-12)19-9-8-15(13)23-17-21-20-16(22-17)11-4-2-1-3-5-11/h1-10H. The highest BCUT2D eigenvalue weighted by molar-refractivity contribution is 7.99. The molecule has 112 valence electrons. The quantitative estimate of drug-likeness (QED) is 0.520. The van der Waals surface area contributed by atoms with Gasteiger partial charge in [-0.2, -0.15) is 0 Å². The highest BCUT2D eigenvalue weighted by Gasteiger charge is 2.11. The van der Waals surface area contributed by atoms with Crippen molar-refractivity contribution >= 4 is 34.3 Å². The van der Waals surface area contributed by atoms with Crippen molar-refractivity contribution in [2.75, 3.05) is 0 Å². The Balaban J connectivity index is 1.68. The van der Waals surface area contributed by atoms with Crippen LogP contribution in [0.15, 0.2) is 75.3 Å². The lowest BCUT2D eigenvalue weighted by Gasteiger charge is -2.03. The van der Waals surface area contributed by atoms with Crippen LogP contribution in [-0.2, 0) is 0 Å².